The van der Waals surface area contributed by atoms with Crippen LogP contribution in [0.15, 0.2) is 34.0 Å². The highest BCUT2D eigenvalue weighted by atomic mass is 32.2. The number of fused-ring (bicyclic) bond motifs is 1. The number of rotatable bonds is 5. The van der Waals surface area contributed by atoms with Gasteiger partial charge in [0.15, 0.2) is 0 Å². The van der Waals surface area contributed by atoms with Crippen LogP contribution in [0.4, 0.5) is 0 Å². The molecular weight excluding hydrogens is 312 g/mol. The summed E-state index contributed by atoms with van der Waals surface area (Å²) in [6.07, 6.45) is 2.11. The zero-order chi connectivity index (χ0) is 16.2. The van der Waals surface area contributed by atoms with E-state index in [1.165, 1.54) is 0 Å². The standard InChI is InChI=1S/C17H22N2O3S/c1-19(10-14-11-21-5-6-22-14)9-13-7-12-3-4-15(23-2)8-16(12)18-17(13)20/h3-4,7-8,14H,5-6,9-11H2,1-2H3,(H,18,20)/t14-/m1/s1. The first-order valence-corrected chi connectivity index (χ1v) is 8.96. The number of hydrogen-bond donors (Lipinski definition) is 1. The Labute approximate surface area is 140 Å². The highest BCUT2D eigenvalue weighted by molar-refractivity contribution is 7.98. The minimum Gasteiger partial charge on any atom is -0.376 e. The van der Waals surface area contributed by atoms with Crippen molar-refractivity contribution in [2.45, 2.75) is 17.5 Å². The van der Waals surface area contributed by atoms with E-state index in [-0.39, 0.29) is 11.7 Å². The highest BCUT2D eigenvalue weighted by Crippen LogP contribution is 2.20. The monoisotopic (exact) mass is 334 g/mol. The first-order chi connectivity index (χ1) is 11.2. The van der Waals surface area contributed by atoms with Gasteiger partial charge in [-0.2, -0.15) is 0 Å². The number of thioether (sulfide) groups is 1. The SMILES string of the molecule is CSc1ccc2cc(CN(C)C[C@@H]3COCCO3)c(=O)[nH]c2c1. The van der Waals surface area contributed by atoms with Gasteiger partial charge in [0, 0.05) is 29.1 Å². The molecule has 23 heavy (non-hydrogen) atoms. The normalized spacial score (nSPS) is 18.7. The van der Waals surface area contributed by atoms with Crippen molar-refractivity contribution in [3.63, 3.8) is 0 Å². The molecule has 1 saturated heterocycles. The second kappa shape index (κ2) is 7.49. The van der Waals surface area contributed by atoms with Crippen molar-refractivity contribution in [1.29, 1.82) is 0 Å². The molecule has 2 heterocycles. The lowest BCUT2D eigenvalue weighted by Crippen LogP contribution is -2.38. The van der Waals surface area contributed by atoms with Crippen LogP contribution >= 0.6 is 11.8 Å². The molecule has 1 aromatic carbocycles. The summed E-state index contributed by atoms with van der Waals surface area (Å²) in [4.78, 5) is 18.6. The van der Waals surface area contributed by atoms with Crippen LogP contribution in [-0.2, 0) is 16.0 Å². The maximum absolute atomic E-state index is 12.3. The van der Waals surface area contributed by atoms with Crippen molar-refractivity contribution in [3.8, 4) is 0 Å². The molecule has 1 N–H and O–H groups in total. The van der Waals surface area contributed by atoms with Gasteiger partial charge in [-0.15, -0.1) is 11.8 Å². The van der Waals surface area contributed by atoms with E-state index in [4.69, 9.17) is 9.47 Å². The summed E-state index contributed by atoms with van der Waals surface area (Å²) in [6, 6.07) is 8.12. The molecule has 0 spiro atoms. The molecule has 0 bridgehead atoms. The number of pyridine rings is 1. The van der Waals surface area contributed by atoms with E-state index in [1.807, 2.05) is 25.4 Å². The lowest BCUT2D eigenvalue weighted by Gasteiger charge is -2.27. The van der Waals surface area contributed by atoms with Crippen molar-refractivity contribution in [2.75, 3.05) is 39.7 Å². The van der Waals surface area contributed by atoms with E-state index >= 15 is 0 Å². The van der Waals surface area contributed by atoms with Gasteiger partial charge in [0.25, 0.3) is 5.56 Å². The third kappa shape index (κ3) is 4.14. The Morgan fingerprint density at radius 3 is 2.96 bits per heavy atom. The predicted octanol–water partition coefficient (Wildman–Crippen LogP) is 2.10. The van der Waals surface area contributed by atoms with E-state index in [0.717, 1.165) is 27.9 Å². The average molecular weight is 334 g/mol. The third-order valence-corrected chi connectivity index (χ3v) is 4.70. The quantitative estimate of drug-likeness (QED) is 0.849. The van der Waals surface area contributed by atoms with Crippen LogP contribution in [0.25, 0.3) is 10.9 Å². The van der Waals surface area contributed by atoms with E-state index in [2.05, 4.69) is 22.0 Å². The van der Waals surface area contributed by atoms with Gasteiger partial charge in [-0.05, 0) is 36.9 Å². The Morgan fingerprint density at radius 1 is 1.35 bits per heavy atom. The maximum Gasteiger partial charge on any atom is 0.252 e. The topological polar surface area (TPSA) is 54.6 Å². The predicted molar refractivity (Wildman–Crippen MR) is 93.2 cm³/mol. The third-order valence-electron chi connectivity index (χ3n) is 3.97. The summed E-state index contributed by atoms with van der Waals surface area (Å²) in [7, 11) is 2.00. The number of nitrogens with one attached hydrogen (secondary N) is 1. The number of ether oxygens (including phenoxy) is 2. The van der Waals surface area contributed by atoms with Gasteiger partial charge in [-0.1, -0.05) is 6.07 Å². The molecule has 1 atom stereocenters. The lowest BCUT2D eigenvalue weighted by molar-refractivity contribution is -0.0963. The lowest BCUT2D eigenvalue weighted by atomic mass is 10.1. The van der Waals surface area contributed by atoms with Crippen molar-refractivity contribution < 1.29 is 9.47 Å². The molecule has 3 rings (SSSR count). The Morgan fingerprint density at radius 2 is 2.22 bits per heavy atom. The zero-order valence-corrected chi connectivity index (χ0v) is 14.3. The smallest absolute Gasteiger partial charge is 0.252 e. The highest BCUT2D eigenvalue weighted by Gasteiger charge is 2.17. The number of hydrogen-bond acceptors (Lipinski definition) is 5. The fourth-order valence-corrected chi connectivity index (χ4v) is 3.25. The molecule has 0 unspecified atom stereocenters. The summed E-state index contributed by atoms with van der Waals surface area (Å²) >= 11 is 1.67. The van der Waals surface area contributed by atoms with Gasteiger partial charge in [-0.3, -0.25) is 9.69 Å². The van der Waals surface area contributed by atoms with Crippen molar-refractivity contribution in [1.82, 2.24) is 9.88 Å². The molecule has 124 valence electrons. The van der Waals surface area contributed by atoms with Gasteiger partial charge >= 0.3 is 0 Å². The van der Waals surface area contributed by atoms with Crippen LogP contribution in [-0.4, -0.2) is 55.7 Å². The number of H-pyrrole nitrogens is 1. The molecule has 6 heteroatoms. The Kier molecular flexibility index (Phi) is 5.38. The van der Waals surface area contributed by atoms with Crippen LogP contribution < -0.4 is 5.56 Å². The first-order valence-electron chi connectivity index (χ1n) is 7.73. The first kappa shape index (κ1) is 16.5. The van der Waals surface area contributed by atoms with E-state index in [9.17, 15) is 4.79 Å². The molecule has 5 nitrogen and oxygen atoms in total. The Bertz CT molecular complexity index is 725. The second-order valence-electron chi connectivity index (χ2n) is 5.84. The minimum absolute atomic E-state index is 0.0246. The Balaban J connectivity index is 1.74. The molecule has 2 aromatic rings. The largest absolute Gasteiger partial charge is 0.376 e. The maximum atomic E-state index is 12.3. The molecule has 0 amide bonds. The van der Waals surface area contributed by atoms with Crippen LogP contribution in [0.5, 0.6) is 0 Å². The van der Waals surface area contributed by atoms with Crippen molar-refractivity contribution in [3.05, 3.63) is 40.2 Å². The molecule has 0 saturated carbocycles. The van der Waals surface area contributed by atoms with Crippen molar-refractivity contribution >= 4 is 22.7 Å². The molecule has 1 aliphatic rings. The van der Waals surface area contributed by atoms with Gasteiger partial charge in [0.2, 0.25) is 0 Å². The fraction of sp³-hybridized carbons (Fsp3) is 0.471. The molecule has 0 aliphatic carbocycles. The van der Waals surface area contributed by atoms with Crippen LogP contribution in [0.1, 0.15) is 5.56 Å². The minimum atomic E-state index is -0.0246. The molecule has 1 aromatic heterocycles. The van der Waals surface area contributed by atoms with E-state index in [1.54, 1.807) is 11.8 Å². The van der Waals surface area contributed by atoms with Crippen LogP contribution in [0.3, 0.4) is 0 Å². The molecule has 0 radical (unpaired) electrons. The van der Waals surface area contributed by atoms with Gasteiger partial charge in [-0.25, -0.2) is 0 Å². The average Bonchev–Trinajstić information content (AvgIpc) is 2.56. The van der Waals surface area contributed by atoms with Gasteiger partial charge in [0.05, 0.1) is 25.9 Å². The molecule has 1 fully saturated rings. The number of benzene rings is 1. The van der Waals surface area contributed by atoms with Crippen molar-refractivity contribution in [2.24, 2.45) is 0 Å². The summed E-state index contributed by atoms with van der Waals surface area (Å²) in [5, 5.41) is 1.06. The van der Waals surface area contributed by atoms with E-state index in [0.29, 0.717) is 26.4 Å². The van der Waals surface area contributed by atoms with Gasteiger partial charge in [0.1, 0.15) is 0 Å². The zero-order valence-electron chi connectivity index (χ0n) is 13.5. The van der Waals surface area contributed by atoms with Crippen LogP contribution in [0, 0.1) is 0 Å². The summed E-state index contributed by atoms with van der Waals surface area (Å²) in [5.41, 5.74) is 1.63. The van der Waals surface area contributed by atoms with Gasteiger partial charge < -0.3 is 14.5 Å². The van der Waals surface area contributed by atoms with E-state index < -0.39 is 0 Å². The molecular formula is C17H22N2O3S. The second-order valence-corrected chi connectivity index (χ2v) is 6.72. The number of nitrogens with zero attached hydrogens (tertiary/aromatic N) is 1. The summed E-state index contributed by atoms with van der Waals surface area (Å²) < 4.78 is 11.1. The summed E-state index contributed by atoms with van der Waals surface area (Å²) in [5.74, 6) is 0. The number of aromatic amines is 1. The van der Waals surface area contributed by atoms with Crippen LogP contribution in [0.2, 0.25) is 0 Å². The summed E-state index contributed by atoms with van der Waals surface area (Å²) in [6.45, 7) is 3.28. The number of aromatic nitrogens is 1. The fourth-order valence-electron chi connectivity index (χ4n) is 2.81. The number of likely N-dealkylation sites (N-methyl/N-ethyl adjacent to an activating group) is 1. The Hall–Kier alpha value is -1.34. The molecule has 1 aliphatic heterocycles.